The molecule has 0 heterocycles. The largest absolute Gasteiger partial charge is 0.462 e. The molecule has 0 aliphatic carbocycles. The van der Waals surface area contributed by atoms with Crippen molar-refractivity contribution in [2.45, 2.75) is 252 Å². The van der Waals surface area contributed by atoms with Crippen molar-refractivity contribution >= 4 is 17.9 Å². The van der Waals surface area contributed by atoms with E-state index in [4.69, 9.17) is 14.2 Å². The molecule has 1 atom stereocenters. The monoisotopic (exact) mass is 969 g/mol. The zero-order chi connectivity index (χ0) is 50.7. The molecule has 0 spiro atoms. The quantitative estimate of drug-likeness (QED) is 0.0262. The van der Waals surface area contributed by atoms with Crippen molar-refractivity contribution in [1.82, 2.24) is 0 Å². The van der Waals surface area contributed by atoms with E-state index in [1.54, 1.807) is 0 Å². The maximum atomic E-state index is 12.8. The third-order valence-corrected chi connectivity index (χ3v) is 11.7. The van der Waals surface area contributed by atoms with Gasteiger partial charge in [0.2, 0.25) is 0 Å². The van der Waals surface area contributed by atoms with Crippen LogP contribution in [0.1, 0.15) is 245 Å². The summed E-state index contributed by atoms with van der Waals surface area (Å²) >= 11 is 0. The van der Waals surface area contributed by atoms with Crippen LogP contribution in [0, 0.1) is 0 Å². The fourth-order valence-electron chi connectivity index (χ4n) is 7.43. The Bertz CT molecular complexity index is 1490. The minimum absolute atomic E-state index is 0.0930. The first-order chi connectivity index (χ1) is 34.5. The van der Waals surface area contributed by atoms with Crippen LogP contribution >= 0.6 is 0 Å². The van der Waals surface area contributed by atoms with Crippen LogP contribution in [0.2, 0.25) is 0 Å². The van der Waals surface area contributed by atoms with E-state index >= 15 is 0 Å². The third-order valence-electron chi connectivity index (χ3n) is 11.7. The molecule has 6 nitrogen and oxygen atoms in total. The zero-order valence-corrected chi connectivity index (χ0v) is 45.2. The maximum Gasteiger partial charge on any atom is 0.306 e. The lowest BCUT2D eigenvalue weighted by molar-refractivity contribution is -0.167. The summed E-state index contributed by atoms with van der Waals surface area (Å²) in [5, 5.41) is 0. The van der Waals surface area contributed by atoms with Gasteiger partial charge in [0.25, 0.3) is 0 Å². The van der Waals surface area contributed by atoms with Gasteiger partial charge in [-0.25, -0.2) is 0 Å². The Morgan fingerprint density at radius 2 is 0.557 bits per heavy atom. The van der Waals surface area contributed by atoms with Crippen LogP contribution in [0.4, 0.5) is 0 Å². The number of hydrogen-bond acceptors (Lipinski definition) is 6. The average Bonchev–Trinajstić information content (AvgIpc) is 3.36. The standard InChI is InChI=1S/C64H104O6/c1-4-7-10-13-16-19-21-23-24-25-26-27-28-29-30-31-32-33-34-35-36-37-38-39-40-42-43-45-48-51-54-57-63(66)69-60-61(59-68-62(65)56-53-50-47-18-15-12-9-6-3)70-64(67)58-55-52-49-46-44-41-22-20-17-14-11-8-5-2/h7,10,16,19-20,22-24,26-27,29-30,32-33,35-36,38-39,42-43,61H,4-6,8-9,11-15,17-18,21,25,28,31,34,37,40-41,44-60H2,1-3H3/b10-7-,19-16-,22-20-,24-23-,27-26-,30-29-,33-32-,36-35-,39-38-,43-42-. The molecule has 0 aliphatic rings. The Morgan fingerprint density at radius 3 is 0.914 bits per heavy atom. The van der Waals surface area contributed by atoms with Crippen molar-refractivity contribution in [3.63, 3.8) is 0 Å². The lowest BCUT2D eigenvalue weighted by Crippen LogP contribution is -2.30. The minimum atomic E-state index is -0.795. The van der Waals surface area contributed by atoms with Crippen LogP contribution in [0.15, 0.2) is 122 Å². The Labute approximate surface area is 431 Å². The molecule has 0 aromatic carbocycles. The lowest BCUT2D eigenvalue weighted by Gasteiger charge is -2.18. The molecule has 1 unspecified atom stereocenters. The topological polar surface area (TPSA) is 78.9 Å². The second kappa shape index (κ2) is 57.4. The molecule has 0 bridgehead atoms. The van der Waals surface area contributed by atoms with Gasteiger partial charge in [-0.1, -0.05) is 232 Å². The molecule has 0 N–H and O–H groups in total. The summed E-state index contributed by atoms with van der Waals surface area (Å²) in [6, 6.07) is 0. The number of rotatable bonds is 50. The van der Waals surface area contributed by atoms with Gasteiger partial charge in [0.15, 0.2) is 6.10 Å². The Balaban J connectivity index is 4.27. The smallest absolute Gasteiger partial charge is 0.306 e. The van der Waals surface area contributed by atoms with Crippen molar-refractivity contribution < 1.29 is 28.6 Å². The Kier molecular flexibility index (Phi) is 54.0. The molecule has 6 heteroatoms. The highest BCUT2D eigenvalue weighted by Gasteiger charge is 2.19. The molecular weight excluding hydrogens is 865 g/mol. The Hall–Kier alpha value is -4.19. The minimum Gasteiger partial charge on any atom is -0.462 e. The average molecular weight is 970 g/mol. The summed E-state index contributed by atoms with van der Waals surface area (Å²) < 4.78 is 16.7. The predicted octanol–water partition coefficient (Wildman–Crippen LogP) is 19.3. The first-order valence-corrected chi connectivity index (χ1v) is 28.5. The van der Waals surface area contributed by atoms with Crippen LogP contribution in [-0.4, -0.2) is 37.2 Å². The van der Waals surface area contributed by atoms with Gasteiger partial charge in [0, 0.05) is 19.3 Å². The van der Waals surface area contributed by atoms with E-state index in [1.807, 2.05) is 0 Å². The normalized spacial score (nSPS) is 13.0. The van der Waals surface area contributed by atoms with Crippen LogP contribution in [0.5, 0.6) is 0 Å². The SMILES string of the molecule is CC/C=C\C/C=C\C/C=C\C/C=C\C/C=C\C/C=C\C/C=C\C/C=C\C/C=C\CCCCCC(=O)OCC(COC(=O)CCCCCCCCCC)OC(=O)CCCCCCC/C=C\CCCCCC. The van der Waals surface area contributed by atoms with E-state index in [0.29, 0.717) is 19.3 Å². The fourth-order valence-corrected chi connectivity index (χ4v) is 7.43. The molecule has 0 aromatic heterocycles. The summed E-state index contributed by atoms with van der Waals surface area (Å²) in [6.07, 6.45) is 79.2. The first-order valence-electron chi connectivity index (χ1n) is 28.5. The molecular formula is C64H104O6. The van der Waals surface area contributed by atoms with Gasteiger partial charge in [-0.15, -0.1) is 0 Å². The summed E-state index contributed by atoms with van der Waals surface area (Å²) in [5.74, 6) is -0.945. The van der Waals surface area contributed by atoms with E-state index in [0.717, 1.165) is 135 Å². The highest BCUT2D eigenvalue weighted by molar-refractivity contribution is 5.71. The molecule has 0 saturated carbocycles. The van der Waals surface area contributed by atoms with Gasteiger partial charge in [0.05, 0.1) is 0 Å². The van der Waals surface area contributed by atoms with Crippen LogP contribution in [-0.2, 0) is 28.6 Å². The molecule has 0 saturated heterocycles. The number of esters is 3. The van der Waals surface area contributed by atoms with Crippen LogP contribution in [0.25, 0.3) is 0 Å². The van der Waals surface area contributed by atoms with Gasteiger partial charge in [-0.3, -0.25) is 14.4 Å². The number of unbranched alkanes of at least 4 members (excludes halogenated alkanes) is 19. The number of hydrogen-bond donors (Lipinski definition) is 0. The summed E-state index contributed by atoms with van der Waals surface area (Å²) in [7, 11) is 0. The molecule has 0 radical (unpaired) electrons. The van der Waals surface area contributed by atoms with Crippen molar-refractivity contribution in [3.05, 3.63) is 122 Å². The van der Waals surface area contributed by atoms with Crippen molar-refractivity contribution in [3.8, 4) is 0 Å². The van der Waals surface area contributed by atoms with Gasteiger partial charge >= 0.3 is 17.9 Å². The highest BCUT2D eigenvalue weighted by Crippen LogP contribution is 2.13. The second-order valence-corrected chi connectivity index (χ2v) is 18.5. The van der Waals surface area contributed by atoms with E-state index in [2.05, 4.69) is 142 Å². The lowest BCUT2D eigenvalue weighted by atomic mass is 10.1. The number of carbonyl (C=O) groups excluding carboxylic acids is 3. The van der Waals surface area contributed by atoms with Crippen molar-refractivity contribution in [2.24, 2.45) is 0 Å². The van der Waals surface area contributed by atoms with Gasteiger partial charge < -0.3 is 14.2 Å². The van der Waals surface area contributed by atoms with Crippen molar-refractivity contribution in [2.75, 3.05) is 13.2 Å². The molecule has 0 aliphatic heterocycles. The second-order valence-electron chi connectivity index (χ2n) is 18.5. The molecule has 396 valence electrons. The number of ether oxygens (including phenoxy) is 3. The van der Waals surface area contributed by atoms with Crippen molar-refractivity contribution in [1.29, 1.82) is 0 Å². The Morgan fingerprint density at radius 1 is 0.300 bits per heavy atom. The molecule has 0 amide bonds. The molecule has 0 aromatic rings. The molecule has 0 fully saturated rings. The zero-order valence-electron chi connectivity index (χ0n) is 45.2. The predicted molar refractivity (Wildman–Crippen MR) is 302 cm³/mol. The first kappa shape index (κ1) is 65.8. The number of carbonyl (C=O) groups is 3. The van der Waals surface area contributed by atoms with E-state index in [9.17, 15) is 14.4 Å². The molecule has 70 heavy (non-hydrogen) atoms. The highest BCUT2D eigenvalue weighted by atomic mass is 16.6. The summed E-state index contributed by atoms with van der Waals surface area (Å²) in [4.78, 5) is 37.9. The van der Waals surface area contributed by atoms with Gasteiger partial charge in [0.1, 0.15) is 13.2 Å². The van der Waals surface area contributed by atoms with E-state index in [-0.39, 0.29) is 31.1 Å². The van der Waals surface area contributed by atoms with Gasteiger partial charge in [-0.05, 0) is 116 Å². The number of allylic oxidation sites excluding steroid dienone is 20. The van der Waals surface area contributed by atoms with Crippen LogP contribution in [0.3, 0.4) is 0 Å². The molecule has 0 rings (SSSR count). The van der Waals surface area contributed by atoms with E-state index < -0.39 is 6.10 Å². The summed E-state index contributed by atoms with van der Waals surface area (Å²) in [6.45, 7) is 6.43. The van der Waals surface area contributed by atoms with E-state index in [1.165, 1.54) is 70.6 Å². The third kappa shape index (κ3) is 54.7. The van der Waals surface area contributed by atoms with Crippen LogP contribution < -0.4 is 0 Å². The summed E-state index contributed by atoms with van der Waals surface area (Å²) in [5.41, 5.74) is 0. The maximum absolute atomic E-state index is 12.8. The van der Waals surface area contributed by atoms with Gasteiger partial charge in [-0.2, -0.15) is 0 Å². The fraction of sp³-hybridized carbons (Fsp3) is 0.641.